The number of hydrogen-bond acceptors (Lipinski definition) is 4. The van der Waals surface area contributed by atoms with Gasteiger partial charge >= 0.3 is 0 Å². The Kier molecular flexibility index (Phi) is 6.77. The number of nitrogens with zero attached hydrogens (tertiary/aromatic N) is 4. The average molecular weight is 462 g/mol. The van der Waals surface area contributed by atoms with Gasteiger partial charge in [0.25, 0.3) is 5.91 Å². The topological polar surface area (TPSA) is 71.7 Å². The number of aryl methyl sites for hydroxylation is 1. The van der Waals surface area contributed by atoms with Crippen LogP contribution in [0.15, 0.2) is 65.7 Å². The molecule has 1 atom stereocenters. The van der Waals surface area contributed by atoms with Gasteiger partial charge in [-0.25, -0.2) is 9.37 Å². The first kappa shape index (κ1) is 23.2. The summed E-state index contributed by atoms with van der Waals surface area (Å²) in [6.45, 7) is 6.45. The zero-order valence-corrected chi connectivity index (χ0v) is 19.7. The van der Waals surface area contributed by atoms with Gasteiger partial charge in [-0.2, -0.15) is 0 Å². The maximum Gasteiger partial charge on any atom is 0.277 e. The molecule has 1 fully saturated rings. The lowest BCUT2D eigenvalue weighted by Gasteiger charge is -2.23. The number of methoxy groups -OCH3 is 1. The minimum absolute atomic E-state index is 0.194. The van der Waals surface area contributed by atoms with Crippen LogP contribution in [0.5, 0.6) is 5.75 Å². The molecular weight excluding hydrogens is 433 g/mol. The first-order valence-corrected chi connectivity index (χ1v) is 11.2. The Balaban J connectivity index is 1.66. The first-order chi connectivity index (χ1) is 16.4. The number of aliphatic imine (C=N–C) groups is 1. The molecule has 7 nitrogen and oxygen atoms in total. The zero-order chi connectivity index (χ0) is 24.2. The van der Waals surface area contributed by atoms with E-state index in [1.165, 1.54) is 12.1 Å². The van der Waals surface area contributed by atoms with Crippen LogP contribution >= 0.6 is 0 Å². The van der Waals surface area contributed by atoms with Crippen molar-refractivity contribution in [2.75, 3.05) is 13.7 Å². The van der Waals surface area contributed by atoms with Gasteiger partial charge in [-0.1, -0.05) is 25.1 Å². The van der Waals surface area contributed by atoms with Gasteiger partial charge < -0.3 is 14.6 Å². The van der Waals surface area contributed by atoms with E-state index in [4.69, 9.17) is 4.74 Å². The fourth-order valence-corrected chi connectivity index (χ4v) is 3.86. The van der Waals surface area contributed by atoms with Crippen molar-refractivity contribution in [2.45, 2.75) is 33.2 Å². The highest BCUT2D eigenvalue weighted by Gasteiger charge is 2.36. The Morgan fingerprint density at radius 1 is 1.24 bits per heavy atom. The maximum absolute atomic E-state index is 13.4. The summed E-state index contributed by atoms with van der Waals surface area (Å²) in [7, 11) is 1.61. The molecule has 1 aliphatic heterocycles. The van der Waals surface area contributed by atoms with Crippen molar-refractivity contribution in [1.82, 2.24) is 19.8 Å². The van der Waals surface area contributed by atoms with Crippen LogP contribution in [0.4, 0.5) is 4.39 Å². The maximum atomic E-state index is 13.4. The fraction of sp³-hybridized carbons (Fsp3) is 0.269. The predicted octanol–water partition coefficient (Wildman–Crippen LogP) is 4.63. The van der Waals surface area contributed by atoms with E-state index in [0.717, 1.165) is 28.9 Å². The van der Waals surface area contributed by atoms with Gasteiger partial charge in [0.1, 0.15) is 17.3 Å². The highest BCUT2D eigenvalue weighted by atomic mass is 19.1. The number of carbonyl (C=O) groups is 1. The third kappa shape index (κ3) is 4.71. The SMILES string of the molecule is CCC/N=C1\N/C(=C\c2ccc(-n3cnc(C)c3)c(OC)c2)C(=O)N1C(C)c1ccc(F)cc1. The fourth-order valence-electron chi connectivity index (χ4n) is 3.86. The van der Waals surface area contributed by atoms with Gasteiger partial charge in [0, 0.05) is 12.7 Å². The minimum Gasteiger partial charge on any atom is -0.495 e. The van der Waals surface area contributed by atoms with Gasteiger partial charge in [-0.15, -0.1) is 0 Å². The largest absolute Gasteiger partial charge is 0.495 e. The van der Waals surface area contributed by atoms with Crippen LogP contribution in [0.1, 0.15) is 43.1 Å². The molecule has 0 aliphatic carbocycles. The number of rotatable bonds is 7. The molecule has 34 heavy (non-hydrogen) atoms. The van der Waals surface area contributed by atoms with Crippen LogP contribution in [0.3, 0.4) is 0 Å². The first-order valence-electron chi connectivity index (χ1n) is 11.2. The molecule has 0 spiro atoms. The Morgan fingerprint density at radius 2 is 2.00 bits per heavy atom. The molecule has 8 heteroatoms. The molecule has 2 aromatic carbocycles. The molecule has 1 unspecified atom stereocenters. The lowest BCUT2D eigenvalue weighted by molar-refractivity contribution is -0.123. The summed E-state index contributed by atoms with van der Waals surface area (Å²) in [5.74, 6) is 0.645. The number of aromatic nitrogens is 2. The second-order valence-corrected chi connectivity index (χ2v) is 8.14. The number of hydrogen-bond donors (Lipinski definition) is 1. The van der Waals surface area contributed by atoms with Crippen molar-refractivity contribution in [1.29, 1.82) is 0 Å². The zero-order valence-electron chi connectivity index (χ0n) is 19.7. The number of guanidine groups is 1. The summed E-state index contributed by atoms with van der Waals surface area (Å²) in [5.41, 5.74) is 3.80. The molecular formula is C26H28FN5O2. The lowest BCUT2D eigenvalue weighted by atomic mass is 10.1. The molecule has 1 amide bonds. The van der Waals surface area contributed by atoms with Crippen molar-refractivity contribution < 1.29 is 13.9 Å². The Bertz CT molecular complexity index is 1250. The smallest absolute Gasteiger partial charge is 0.277 e. The van der Waals surface area contributed by atoms with E-state index in [1.54, 1.807) is 36.5 Å². The van der Waals surface area contributed by atoms with Crippen LogP contribution in [0.2, 0.25) is 0 Å². The van der Waals surface area contributed by atoms with Crippen molar-refractivity contribution in [3.63, 3.8) is 0 Å². The molecule has 2 heterocycles. The normalized spacial score (nSPS) is 16.9. The van der Waals surface area contributed by atoms with Crippen LogP contribution < -0.4 is 10.1 Å². The van der Waals surface area contributed by atoms with E-state index in [0.29, 0.717) is 24.0 Å². The number of benzene rings is 2. The van der Waals surface area contributed by atoms with E-state index < -0.39 is 0 Å². The summed E-state index contributed by atoms with van der Waals surface area (Å²) in [5, 5.41) is 3.18. The second-order valence-electron chi connectivity index (χ2n) is 8.14. The molecule has 1 saturated heterocycles. The molecule has 0 bridgehead atoms. The van der Waals surface area contributed by atoms with Crippen LogP contribution in [0.25, 0.3) is 11.8 Å². The van der Waals surface area contributed by atoms with E-state index in [2.05, 4.69) is 15.3 Å². The van der Waals surface area contributed by atoms with Crippen molar-refractivity contribution in [3.8, 4) is 11.4 Å². The van der Waals surface area contributed by atoms with Gasteiger partial charge in [0.2, 0.25) is 5.96 Å². The molecule has 1 aromatic heterocycles. The molecule has 4 rings (SSSR count). The number of halogens is 1. The third-order valence-electron chi connectivity index (χ3n) is 5.65. The average Bonchev–Trinajstić information content (AvgIpc) is 3.40. The number of carbonyl (C=O) groups excluding carboxylic acids is 1. The van der Waals surface area contributed by atoms with E-state index in [-0.39, 0.29) is 17.8 Å². The van der Waals surface area contributed by atoms with Crippen molar-refractivity contribution >= 4 is 17.9 Å². The molecule has 0 radical (unpaired) electrons. The predicted molar refractivity (Wildman–Crippen MR) is 130 cm³/mol. The Morgan fingerprint density at radius 3 is 2.65 bits per heavy atom. The van der Waals surface area contributed by atoms with Gasteiger partial charge in [0.15, 0.2) is 0 Å². The summed E-state index contributed by atoms with van der Waals surface area (Å²) in [4.78, 5) is 23.9. The summed E-state index contributed by atoms with van der Waals surface area (Å²) < 4.78 is 20.9. The third-order valence-corrected chi connectivity index (χ3v) is 5.65. The van der Waals surface area contributed by atoms with Gasteiger partial charge in [-0.05, 0) is 61.7 Å². The highest BCUT2D eigenvalue weighted by Crippen LogP contribution is 2.29. The monoisotopic (exact) mass is 461 g/mol. The summed E-state index contributed by atoms with van der Waals surface area (Å²) >= 11 is 0. The van der Waals surface area contributed by atoms with Gasteiger partial charge in [0.05, 0.1) is 30.9 Å². The Labute approximate surface area is 198 Å². The molecule has 1 N–H and O–H groups in total. The van der Waals surface area contributed by atoms with Gasteiger partial charge in [-0.3, -0.25) is 14.7 Å². The lowest BCUT2D eigenvalue weighted by Crippen LogP contribution is -2.35. The van der Waals surface area contributed by atoms with Crippen molar-refractivity contribution in [2.24, 2.45) is 4.99 Å². The van der Waals surface area contributed by atoms with Crippen LogP contribution in [-0.2, 0) is 4.79 Å². The summed E-state index contributed by atoms with van der Waals surface area (Å²) in [6.07, 6.45) is 6.29. The number of amides is 1. The highest BCUT2D eigenvalue weighted by molar-refractivity contribution is 6.15. The van der Waals surface area contributed by atoms with E-state index in [1.807, 2.05) is 49.7 Å². The number of imidazole rings is 1. The standard InChI is InChI=1S/C26H28FN5O2/c1-5-12-28-26-30-22(25(33)32(26)18(3)20-7-9-21(27)10-8-20)13-19-6-11-23(24(14-19)34-4)31-15-17(2)29-16-31/h6-11,13-16,18H,5,12H2,1-4H3,(H,28,30)/b22-13-. The van der Waals surface area contributed by atoms with Crippen LogP contribution in [-0.4, -0.2) is 40.0 Å². The van der Waals surface area contributed by atoms with Crippen LogP contribution in [0, 0.1) is 12.7 Å². The molecule has 1 aliphatic rings. The minimum atomic E-state index is -0.316. The van der Waals surface area contributed by atoms with E-state index >= 15 is 0 Å². The molecule has 3 aromatic rings. The number of ether oxygens (including phenoxy) is 1. The van der Waals surface area contributed by atoms with Crippen molar-refractivity contribution in [3.05, 3.63) is 83.3 Å². The quantitative estimate of drug-likeness (QED) is 0.521. The summed E-state index contributed by atoms with van der Waals surface area (Å²) in [6, 6.07) is 11.6. The molecule has 0 saturated carbocycles. The number of nitrogens with one attached hydrogen (secondary N) is 1. The molecule has 176 valence electrons. The second kappa shape index (κ2) is 9.91. The van der Waals surface area contributed by atoms with E-state index in [9.17, 15) is 9.18 Å². The Hall–Kier alpha value is -3.94.